The number of thioether (sulfide) groups is 1. The van der Waals surface area contributed by atoms with E-state index < -0.39 is 6.04 Å². The molecule has 2 N–H and O–H groups in total. The molecular formula is C18H24ClN5O2S. The molecule has 1 heterocycles. The van der Waals surface area contributed by atoms with E-state index in [9.17, 15) is 9.59 Å². The van der Waals surface area contributed by atoms with Gasteiger partial charge < -0.3 is 10.6 Å². The highest BCUT2D eigenvalue weighted by Gasteiger charge is 2.18. The standard InChI is InChI=1S/C18H24ClN5O2S/c1-5-12(3)21-17(26)13(4)22-16(25)9-27-18-23-20-10-24(18)14-7-6-11(2)15(19)8-14/h6-8,10,12-13H,5,9H2,1-4H3,(H,21,26)(H,22,25). The fraction of sp³-hybridized carbons (Fsp3) is 0.444. The van der Waals surface area contributed by atoms with Crippen molar-refractivity contribution in [2.45, 2.75) is 51.4 Å². The molecule has 0 fully saturated rings. The Labute approximate surface area is 168 Å². The molecule has 2 rings (SSSR count). The van der Waals surface area contributed by atoms with Crippen LogP contribution in [-0.2, 0) is 9.59 Å². The number of carbonyl (C=O) groups is 2. The van der Waals surface area contributed by atoms with Gasteiger partial charge in [-0.1, -0.05) is 36.4 Å². The van der Waals surface area contributed by atoms with Crippen LogP contribution in [0.25, 0.3) is 5.69 Å². The predicted molar refractivity (Wildman–Crippen MR) is 107 cm³/mol. The topological polar surface area (TPSA) is 88.9 Å². The third-order valence-corrected chi connectivity index (χ3v) is 5.40. The largest absolute Gasteiger partial charge is 0.352 e. The molecule has 0 radical (unpaired) electrons. The Morgan fingerprint density at radius 2 is 2.04 bits per heavy atom. The van der Waals surface area contributed by atoms with Gasteiger partial charge in [-0.2, -0.15) is 0 Å². The van der Waals surface area contributed by atoms with Gasteiger partial charge in [0, 0.05) is 11.1 Å². The van der Waals surface area contributed by atoms with E-state index in [1.807, 2.05) is 39.0 Å². The lowest BCUT2D eigenvalue weighted by Crippen LogP contribution is -2.47. The van der Waals surface area contributed by atoms with Crippen LogP contribution < -0.4 is 10.6 Å². The SMILES string of the molecule is CCC(C)NC(=O)C(C)NC(=O)CSc1nncn1-c1ccc(C)c(Cl)c1. The van der Waals surface area contributed by atoms with Crippen LogP contribution in [0.15, 0.2) is 29.7 Å². The van der Waals surface area contributed by atoms with Crippen LogP contribution in [0.1, 0.15) is 32.8 Å². The van der Waals surface area contributed by atoms with Crippen molar-refractivity contribution in [2.75, 3.05) is 5.75 Å². The Morgan fingerprint density at radius 1 is 1.30 bits per heavy atom. The average molecular weight is 410 g/mol. The predicted octanol–water partition coefficient (Wildman–Crippen LogP) is 2.74. The van der Waals surface area contributed by atoms with Crippen LogP contribution in [0.4, 0.5) is 0 Å². The minimum atomic E-state index is -0.596. The summed E-state index contributed by atoms with van der Waals surface area (Å²) in [6.45, 7) is 7.50. The first kappa shape index (κ1) is 21.2. The number of amides is 2. The lowest BCUT2D eigenvalue weighted by Gasteiger charge is -2.17. The molecule has 2 unspecified atom stereocenters. The summed E-state index contributed by atoms with van der Waals surface area (Å²) in [6.07, 6.45) is 2.41. The molecule has 27 heavy (non-hydrogen) atoms. The quantitative estimate of drug-likeness (QED) is 0.654. The number of benzene rings is 1. The van der Waals surface area contributed by atoms with Crippen molar-refractivity contribution < 1.29 is 9.59 Å². The van der Waals surface area contributed by atoms with Crippen molar-refractivity contribution in [3.8, 4) is 5.69 Å². The molecule has 0 aliphatic heterocycles. The molecule has 0 aliphatic rings. The molecule has 0 bridgehead atoms. The van der Waals surface area contributed by atoms with Crippen LogP contribution in [0.3, 0.4) is 0 Å². The maximum atomic E-state index is 12.2. The van der Waals surface area contributed by atoms with Crippen LogP contribution in [0.2, 0.25) is 5.02 Å². The Hall–Kier alpha value is -2.06. The van der Waals surface area contributed by atoms with E-state index in [0.29, 0.717) is 10.2 Å². The zero-order valence-corrected chi connectivity index (χ0v) is 17.4. The summed E-state index contributed by atoms with van der Waals surface area (Å²) in [6, 6.07) is 5.13. The number of halogens is 1. The molecule has 0 spiro atoms. The van der Waals surface area contributed by atoms with Crippen molar-refractivity contribution in [1.29, 1.82) is 0 Å². The van der Waals surface area contributed by atoms with Gasteiger partial charge in [-0.25, -0.2) is 0 Å². The molecule has 2 amide bonds. The van der Waals surface area contributed by atoms with Crippen LogP contribution >= 0.6 is 23.4 Å². The number of carbonyl (C=O) groups excluding carboxylic acids is 2. The molecule has 1 aromatic carbocycles. The van der Waals surface area contributed by atoms with E-state index in [4.69, 9.17) is 11.6 Å². The van der Waals surface area contributed by atoms with Gasteiger partial charge in [-0.15, -0.1) is 10.2 Å². The van der Waals surface area contributed by atoms with E-state index in [1.165, 1.54) is 11.8 Å². The minimum Gasteiger partial charge on any atom is -0.352 e. The molecule has 0 saturated heterocycles. The number of aromatic nitrogens is 3. The summed E-state index contributed by atoms with van der Waals surface area (Å²) in [5.41, 5.74) is 1.80. The van der Waals surface area contributed by atoms with Crippen molar-refractivity contribution in [3.05, 3.63) is 35.1 Å². The van der Waals surface area contributed by atoms with Crippen molar-refractivity contribution >= 4 is 35.2 Å². The van der Waals surface area contributed by atoms with Gasteiger partial charge in [0.25, 0.3) is 0 Å². The normalized spacial score (nSPS) is 13.1. The molecule has 2 aromatic rings. The Morgan fingerprint density at radius 3 is 2.70 bits per heavy atom. The average Bonchev–Trinajstić information content (AvgIpc) is 3.10. The second-order valence-electron chi connectivity index (χ2n) is 6.31. The van der Waals surface area contributed by atoms with Gasteiger partial charge in [-0.3, -0.25) is 14.2 Å². The summed E-state index contributed by atoms with van der Waals surface area (Å²) in [5.74, 6) is -0.317. The summed E-state index contributed by atoms with van der Waals surface area (Å²) in [5, 5.41) is 14.7. The summed E-state index contributed by atoms with van der Waals surface area (Å²) in [4.78, 5) is 24.2. The second-order valence-corrected chi connectivity index (χ2v) is 7.66. The van der Waals surface area contributed by atoms with Gasteiger partial charge in [-0.05, 0) is 44.9 Å². The van der Waals surface area contributed by atoms with Gasteiger partial charge >= 0.3 is 0 Å². The van der Waals surface area contributed by atoms with Crippen molar-refractivity contribution in [2.24, 2.45) is 0 Å². The molecule has 0 aliphatic carbocycles. The van der Waals surface area contributed by atoms with E-state index in [-0.39, 0.29) is 23.6 Å². The lowest BCUT2D eigenvalue weighted by atomic mass is 10.2. The third-order valence-electron chi connectivity index (χ3n) is 4.05. The van der Waals surface area contributed by atoms with Crippen molar-refractivity contribution in [1.82, 2.24) is 25.4 Å². The van der Waals surface area contributed by atoms with Crippen LogP contribution in [0.5, 0.6) is 0 Å². The summed E-state index contributed by atoms with van der Waals surface area (Å²) < 4.78 is 1.77. The number of nitrogens with one attached hydrogen (secondary N) is 2. The highest BCUT2D eigenvalue weighted by molar-refractivity contribution is 7.99. The first-order valence-corrected chi connectivity index (χ1v) is 10.1. The summed E-state index contributed by atoms with van der Waals surface area (Å²) in [7, 11) is 0. The maximum absolute atomic E-state index is 12.2. The van der Waals surface area contributed by atoms with Crippen molar-refractivity contribution in [3.63, 3.8) is 0 Å². The van der Waals surface area contributed by atoms with E-state index in [1.54, 1.807) is 17.8 Å². The van der Waals surface area contributed by atoms with E-state index >= 15 is 0 Å². The number of nitrogens with zero attached hydrogens (tertiary/aromatic N) is 3. The molecule has 1 aromatic heterocycles. The number of rotatable bonds is 8. The van der Waals surface area contributed by atoms with Gasteiger partial charge in [0.05, 0.1) is 11.4 Å². The molecule has 146 valence electrons. The van der Waals surface area contributed by atoms with Crippen LogP contribution in [0, 0.1) is 6.92 Å². The highest BCUT2D eigenvalue weighted by Crippen LogP contribution is 2.23. The maximum Gasteiger partial charge on any atom is 0.242 e. The molecule has 0 saturated carbocycles. The Kier molecular flexibility index (Phi) is 7.67. The second kappa shape index (κ2) is 9.75. The minimum absolute atomic E-state index is 0.0751. The zero-order valence-electron chi connectivity index (χ0n) is 15.8. The molecule has 9 heteroatoms. The molecule has 7 nitrogen and oxygen atoms in total. The molecular weight excluding hydrogens is 386 g/mol. The van der Waals surface area contributed by atoms with Gasteiger partial charge in [0.15, 0.2) is 5.16 Å². The van der Waals surface area contributed by atoms with Gasteiger partial charge in [0.2, 0.25) is 11.8 Å². The number of hydrogen-bond donors (Lipinski definition) is 2. The third kappa shape index (κ3) is 5.97. The Balaban J connectivity index is 1.93. The monoisotopic (exact) mass is 409 g/mol. The first-order valence-electron chi connectivity index (χ1n) is 8.70. The number of aryl methyl sites for hydroxylation is 1. The highest BCUT2D eigenvalue weighted by atomic mass is 35.5. The van der Waals surface area contributed by atoms with E-state index in [0.717, 1.165) is 17.7 Å². The van der Waals surface area contributed by atoms with E-state index in [2.05, 4.69) is 20.8 Å². The fourth-order valence-corrected chi connectivity index (χ4v) is 3.10. The van der Waals surface area contributed by atoms with Crippen LogP contribution in [-0.4, -0.2) is 44.4 Å². The molecule has 2 atom stereocenters. The smallest absolute Gasteiger partial charge is 0.242 e. The first-order chi connectivity index (χ1) is 12.8. The van der Waals surface area contributed by atoms with Gasteiger partial charge in [0.1, 0.15) is 12.4 Å². The summed E-state index contributed by atoms with van der Waals surface area (Å²) >= 11 is 7.42. The Bertz CT molecular complexity index is 811. The number of hydrogen-bond acceptors (Lipinski definition) is 5. The lowest BCUT2D eigenvalue weighted by molar-refractivity contribution is -0.127. The zero-order chi connectivity index (χ0) is 20.0. The fourth-order valence-electron chi connectivity index (χ4n) is 2.18.